The summed E-state index contributed by atoms with van der Waals surface area (Å²) >= 11 is 3.39. The average Bonchev–Trinajstić information content (AvgIpc) is 2.81. The highest BCUT2D eigenvalue weighted by molar-refractivity contribution is 9.10. The lowest BCUT2D eigenvalue weighted by Gasteiger charge is -2.00. The molecule has 2 aromatic rings. The molecule has 0 spiro atoms. The number of nitrogens with two attached hydrogens (primary N) is 1. The molecule has 0 aliphatic carbocycles. The van der Waals surface area contributed by atoms with Crippen molar-refractivity contribution in [1.29, 1.82) is 0 Å². The molecule has 5 nitrogen and oxygen atoms in total. The van der Waals surface area contributed by atoms with Gasteiger partial charge in [0, 0.05) is 30.3 Å². The summed E-state index contributed by atoms with van der Waals surface area (Å²) in [7, 11) is 1.67. The Hall–Kier alpha value is -1.40. The van der Waals surface area contributed by atoms with Gasteiger partial charge in [-0.15, -0.1) is 0 Å². The molecule has 96 valence electrons. The van der Waals surface area contributed by atoms with E-state index in [-0.39, 0.29) is 0 Å². The second-order valence-electron chi connectivity index (χ2n) is 3.84. The van der Waals surface area contributed by atoms with Crippen LogP contribution in [0.2, 0.25) is 0 Å². The van der Waals surface area contributed by atoms with Crippen molar-refractivity contribution in [2.45, 2.75) is 12.8 Å². The van der Waals surface area contributed by atoms with Gasteiger partial charge in [-0.3, -0.25) is 0 Å². The minimum absolute atomic E-state index is 0.446. The van der Waals surface area contributed by atoms with Crippen LogP contribution in [0.4, 0.5) is 5.69 Å². The highest BCUT2D eigenvalue weighted by Gasteiger charge is 2.12. The van der Waals surface area contributed by atoms with Gasteiger partial charge in [-0.05, 0) is 24.6 Å². The minimum atomic E-state index is 0.446. The summed E-state index contributed by atoms with van der Waals surface area (Å²) in [5.74, 6) is 1.11. The van der Waals surface area contributed by atoms with E-state index in [1.165, 1.54) is 0 Å². The van der Waals surface area contributed by atoms with Crippen LogP contribution in [0.1, 0.15) is 12.2 Å². The maximum absolute atomic E-state index is 5.88. The highest BCUT2D eigenvalue weighted by Crippen LogP contribution is 2.27. The standard InChI is InChI=1S/C12H14BrN3O2/c1-17-6-2-3-11-15-12(18-16-11)9-7-8(13)4-5-10(9)14/h4-5,7H,2-3,6,14H2,1H3. The first-order chi connectivity index (χ1) is 8.70. The van der Waals surface area contributed by atoms with Gasteiger partial charge in [0.1, 0.15) is 0 Å². The fraction of sp³-hybridized carbons (Fsp3) is 0.333. The lowest BCUT2D eigenvalue weighted by atomic mass is 10.2. The van der Waals surface area contributed by atoms with Crippen LogP contribution in [0.3, 0.4) is 0 Å². The quantitative estimate of drug-likeness (QED) is 0.678. The molecule has 0 radical (unpaired) electrons. The fourth-order valence-electron chi connectivity index (χ4n) is 1.55. The number of hydrogen-bond donors (Lipinski definition) is 1. The number of aromatic nitrogens is 2. The van der Waals surface area contributed by atoms with Crippen molar-refractivity contribution in [3.8, 4) is 11.5 Å². The van der Waals surface area contributed by atoms with E-state index in [0.29, 0.717) is 24.0 Å². The van der Waals surface area contributed by atoms with Gasteiger partial charge in [-0.1, -0.05) is 21.1 Å². The summed E-state index contributed by atoms with van der Waals surface area (Å²) in [6.45, 7) is 0.683. The second kappa shape index (κ2) is 5.97. The molecule has 1 aromatic carbocycles. The number of aryl methyl sites for hydroxylation is 1. The average molecular weight is 312 g/mol. The number of methoxy groups -OCH3 is 1. The minimum Gasteiger partial charge on any atom is -0.398 e. The van der Waals surface area contributed by atoms with Gasteiger partial charge in [0.2, 0.25) is 0 Å². The fourth-order valence-corrected chi connectivity index (χ4v) is 1.91. The maximum Gasteiger partial charge on any atom is 0.260 e. The summed E-state index contributed by atoms with van der Waals surface area (Å²) < 4.78 is 11.1. The molecule has 0 fully saturated rings. The molecule has 0 aliphatic heterocycles. The zero-order valence-electron chi connectivity index (χ0n) is 10.0. The molecule has 0 aliphatic rings. The van der Waals surface area contributed by atoms with Crippen molar-refractivity contribution in [3.05, 3.63) is 28.5 Å². The molecular weight excluding hydrogens is 298 g/mol. The van der Waals surface area contributed by atoms with Crippen molar-refractivity contribution in [2.75, 3.05) is 19.5 Å². The van der Waals surface area contributed by atoms with Crippen LogP contribution in [0.25, 0.3) is 11.5 Å². The Kier molecular flexibility index (Phi) is 4.33. The van der Waals surface area contributed by atoms with Gasteiger partial charge in [0.05, 0.1) is 5.56 Å². The predicted molar refractivity (Wildman–Crippen MR) is 72.0 cm³/mol. The summed E-state index contributed by atoms with van der Waals surface area (Å²) in [6, 6.07) is 5.53. The largest absolute Gasteiger partial charge is 0.398 e. The van der Waals surface area contributed by atoms with Crippen molar-refractivity contribution in [3.63, 3.8) is 0 Å². The van der Waals surface area contributed by atoms with E-state index in [2.05, 4.69) is 26.1 Å². The molecule has 1 aromatic heterocycles. The summed E-state index contributed by atoms with van der Waals surface area (Å²) in [6.07, 6.45) is 1.59. The normalized spacial score (nSPS) is 10.8. The highest BCUT2D eigenvalue weighted by atomic mass is 79.9. The summed E-state index contributed by atoms with van der Waals surface area (Å²) in [5.41, 5.74) is 7.25. The lowest BCUT2D eigenvalue weighted by Crippen LogP contribution is -1.94. The molecule has 0 unspecified atom stereocenters. The number of benzene rings is 1. The first kappa shape index (κ1) is 13.0. The summed E-state index contributed by atoms with van der Waals surface area (Å²) in [4.78, 5) is 4.32. The van der Waals surface area contributed by atoms with E-state index >= 15 is 0 Å². The van der Waals surface area contributed by atoms with Crippen molar-refractivity contribution < 1.29 is 9.26 Å². The van der Waals surface area contributed by atoms with E-state index in [4.69, 9.17) is 15.0 Å². The predicted octanol–water partition coefficient (Wildman–Crippen LogP) is 2.66. The Labute approximate surface area is 113 Å². The molecule has 0 saturated heterocycles. The number of nitrogen functional groups attached to an aromatic ring is 1. The number of hydrogen-bond acceptors (Lipinski definition) is 5. The molecule has 2 rings (SSSR count). The van der Waals surface area contributed by atoms with E-state index in [0.717, 1.165) is 22.9 Å². The lowest BCUT2D eigenvalue weighted by molar-refractivity contribution is 0.194. The SMILES string of the molecule is COCCCc1noc(-c2cc(Br)ccc2N)n1. The molecule has 6 heteroatoms. The van der Waals surface area contributed by atoms with Crippen LogP contribution in [-0.2, 0) is 11.2 Å². The molecule has 0 saturated carbocycles. The van der Waals surface area contributed by atoms with Crippen LogP contribution in [0.5, 0.6) is 0 Å². The molecule has 1 heterocycles. The van der Waals surface area contributed by atoms with E-state index in [1.807, 2.05) is 12.1 Å². The van der Waals surface area contributed by atoms with Crippen LogP contribution in [0.15, 0.2) is 27.2 Å². The van der Waals surface area contributed by atoms with Gasteiger partial charge in [0.15, 0.2) is 5.82 Å². The number of anilines is 1. The van der Waals surface area contributed by atoms with Gasteiger partial charge < -0.3 is 15.0 Å². The van der Waals surface area contributed by atoms with Crippen molar-refractivity contribution >= 4 is 21.6 Å². The van der Waals surface area contributed by atoms with E-state index < -0.39 is 0 Å². The molecule has 2 N–H and O–H groups in total. The van der Waals surface area contributed by atoms with Gasteiger partial charge >= 0.3 is 0 Å². The second-order valence-corrected chi connectivity index (χ2v) is 4.76. The third kappa shape index (κ3) is 3.08. The Morgan fingerprint density at radius 3 is 3.06 bits per heavy atom. The first-order valence-electron chi connectivity index (χ1n) is 5.57. The van der Waals surface area contributed by atoms with Crippen LogP contribution >= 0.6 is 15.9 Å². The van der Waals surface area contributed by atoms with E-state index in [1.54, 1.807) is 13.2 Å². The monoisotopic (exact) mass is 311 g/mol. The maximum atomic E-state index is 5.88. The molecule has 0 atom stereocenters. The topological polar surface area (TPSA) is 74.2 Å². The number of nitrogens with zero attached hydrogens (tertiary/aromatic N) is 2. The zero-order valence-corrected chi connectivity index (χ0v) is 11.6. The van der Waals surface area contributed by atoms with Crippen LogP contribution < -0.4 is 5.73 Å². The molecule has 0 bridgehead atoms. The Morgan fingerprint density at radius 1 is 1.44 bits per heavy atom. The van der Waals surface area contributed by atoms with Gasteiger partial charge in [-0.2, -0.15) is 4.98 Å². The Morgan fingerprint density at radius 2 is 2.28 bits per heavy atom. The van der Waals surface area contributed by atoms with Gasteiger partial charge in [0.25, 0.3) is 5.89 Å². The van der Waals surface area contributed by atoms with Crippen molar-refractivity contribution in [1.82, 2.24) is 10.1 Å². The van der Waals surface area contributed by atoms with Crippen LogP contribution in [0, 0.1) is 0 Å². The first-order valence-corrected chi connectivity index (χ1v) is 6.37. The third-order valence-electron chi connectivity index (χ3n) is 2.46. The molecule has 18 heavy (non-hydrogen) atoms. The Balaban J connectivity index is 2.16. The summed E-state index contributed by atoms with van der Waals surface area (Å²) in [5, 5.41) is 3.92. The molecule has 0 amide bonds. The number of ether oxygens (including phenoxy) is 1. The smallest absolute Gasteiger partial charge is 0.260 e. The van der Waals surface area contributed by atoms with E-state index in [9.17, 15) is 0 Å². The third-order valence-corrected chi connectivity index (χ3v) is 2.96. The zero-order chi connectivity index (χ0) is 13.0. The Bertz CT molecular complexity index is 528. The molecular formula is C12H14BrN3O2. The van der Waals surface area contributed by atoms with Crippen molar-refractivity contribution in [2.24, 2.45) is 0 Å². The van der Waals surface area contributed by atoms with Crippen LogP contribution in [-0.4, -0.2) is 23.9 Å². The number of halogens is 1. The van der Waals surface area contributed by atoms with Gasteiger partial charge in [-0.25, -0.2) is 0 Å². The number of rotatable bonds is 5.